The molecule has 2 rings (SSSR count). The van der Waals surface area contributed by atoms with Crippen molar-refractivity contribution >= 4 is 29.2 Å². The SMILES string of the molecule is O=C(O)c1c(C(Cl)Cl)nn2c1CCCCCC2. The Morgan fingerprint density at radius 3 is 2.65 bits per heavy atom. The van der Waals surface area contributed by atoms with Crippen molar-refractivity contribution in [2.45, 2.75) is 43.5 Å². The lowest BCUT2D eigenvalue weighted by atomic mass is 10.0. The molecule has 1 aliphatic heterocycles. The number of carbonyl (C=O) groups is 1. The summed E-state index contributed by atoms with van der Waals surface area (Å²) in [6, 6.07) is 0. The quantitative estimate of drug-likeness (QED) is 0.845. The van der Waals surface area contributed by atoms with Gasteiger partial charge in [-0.25, -0.2) is 4.79 Å². The van der Waals surface area contributed by atoms with Crippen LogP contribution < -0.4 is 0 Å². The normalized spacial score (nSPS) is 16.4. The lowest BCUT2D eigenvalue weighted by molar-refractivity contribution is 0.0694. The van der Waals surface area contributed by atoms with Crippen LogP contribution in [0.25, 0.3) is 0 Å². The fourth-order valence-corrected chi connectivity index (χ4v) is 2.56. The van der Waals surface area contributed by atoms with Gasteiger partial charge in [0.15, 0.2) is 4.84 Å². The molecule has 0 saturated carbocycles. The van der Waals surface area contributed by atoms with Crippen molar-refractivity contribution in [3.05, 3.63) is 17.0 Å². The van der Waals surface area contributed by atoms with Crippen LogP contribution in [-0.4, -0.2) is 20.9 Å². The molecule has 4 nitrogen and oxygen atoms in total. The number of rotatable bonds is 2. The van der Waals surface area contributed by atoms with Crippen LogP contribution in [0.5, 0.6) is 0 Å². The van der Waals surface area contributed by atoms with Crippen molar-refractivity contribution in [1.82, 2.24) is 9.78 Å². The second-order valence-corrected chi connectivity index (χ2v) is 5.30. The Hall–Kier alpha value is -0.740. The summed E-state index contributed by atoms with van der Waals surface area (Å²) >= 11 is 11.6. The van der Waals surface area contributed by atoms with E-state index in [-0.39, 0.29) is 11.3 Å². The number of hydrogen-bond acceptors (Lipinski definition) is 2. The second-order valence-electron chi connectivity index (χ2n) is 4.20. The molecule has 0 atom stereocenters. The molecule has 0 aliphatic carbocycles. The Morgan fingerprint density at radius 1 is 1.29 bits per heavy atom. The van der Waals surface area contributed by atoms with Crippen LogP contribution >= 0.6 is 23.2 Å². The van der Waals surface area contributed by atoms with Gasteiger partial charge in [-0.1, -0.05) is 36.0 Å². The zero-order valence-corrected chi connectivity index (χ0v) is 10.8. The van der Waals surface area contributed by atoms with Crippen LogP contribution in [0.2, 0.25) is 0 Å². The van der Waals surface area contributed by atoms with E-state index < -0.39 is 10.8 Å². The lowest BCUT2D eigenvalue weighted by Gasteiger charge is -2.11. The van der Waals surface area contributed by atoms with E-state index in [4.69, 9.17) is 23.2 Å². The number of aryl methyl sites for hydroxylation is 1. The van der Waals surface area contributed by atoms with Gasteiger partial charge in [-0.2, -0.15) is 5.10 Å². The highest BCUT2D eigenvalue weighted by molar-refractivity contribution is 6.44. The third kappa shape index (κ3) is 2.58. The maximum absolute atomic E-state index is 11.3. The molecular weight excluding hydrogens is 263 g/mol. The monoisotopic (exact) mass is 276 g/mol. The third-order valence-electron chi connectivity index (χ3n) is 3.04. The molecule has 0 aromatic carbocycles. The molecule has 0 spiro atoms. The number of nitrogens with zero attached hydrogens (tertiary/aromatic N) is 2. The van der Waals surface area contributed by atoms with E-state index in [1.165, 1.54) is 0 Å². The first-order chi connectivity index (χ1) is 8.11. The number of aromatic carboxylic acids is 1. The predicted octanol–water partition coefficient (Wildman–Crippen LogP) is 3.17. The van der Waals surface area contributed by atoms with Gasteiger partial charge < -0.3 is 5.11 Å². The van der Waals surface area contributed by atoms with Gasteiger partial charge in [0.1, 0.15) is 11.3 Å². The molecule has 0 amide bonds. The Kier molecular flexibility index (Phi) is 3.94. The zero-order chi connectivity index (χ0) is 12.4. The smallest absolute Gasteiger partial charge is 0.339 e. The van der Waals surface area contributed by atoms with Gasteiger partial charge in [0.05, 0.1) is 5.69 Å². The van der Waals surface area contributed by atoms with Crippen molar-refractivity contribution in [1.29, 1.82) is 0 Å². The minimum absolute atomic E-state index is 0.196. The van der Waals surface area contributed by atoms with Gasteiger partial charge in [-0.05, 0) is 19.3 Å². The standard InChI is InChI=1S/C11H14Cl2N2O2/c12-10(13)9-8(11(16)17)7-5-3-1-2-4-6-15(7)14-9/h10H,1-6H2,(H,16,17). The van der Waals surface area contributed by atoms with Crippen molar-refractivity contribution in [2.75, 3.05) is 0 Å². The molecule has 0 radical (unpaired) electrons. The number of carboxylic acids is 1. The Balaban J connectivity index is 2.49. The van der Waals surface area contributed by atoms with Crippen molar-refractivity contribution in [3.8, 4) is 0 Å². The van der Waals surface area contributed by atoms with E-state index in [2.05, 4.69) is 5.10 Å². The van der Waals surface area contributed by atoms with Gasteiger partial charge in [0, 0.05) is 6.54 Å². The molecule has 6 heteroatoms. The Morgan fingerprint density at radius 2 is 2.00 bits per heavy atom. The highest BCUT2D eigenvalue weighted by Gasteiger charge is 2.26. The van der Waals surface area contributed by atoms with Gasteiger partial charge in [-0.3, -0.25) is 4.68 Å². The fraction of sp³-hybridized carbons (Fsp3) is 0.636. The Labute approximate surface area is 110 Å². The van der Waals surface area contributed by atoms with E-state index >= 15 is 0 Å². The summed E-state index contributed by atoms with van der Waals surface area (Å²) in [4.78, 5) is 10.4. The molecule has 0 saturated heterocycles. The number of hydrogen-bond donors (Lipinski definition) is 1. The lowest BCUT2D eigenvalue weighted by Crippen LogP contribution is -2.11. The largest absolute Gasteiger partial charge is 0.478 e. The first-order valence-corrected chi connectivity index (χ1v) is 6.59. The number of carboxylic acid groups (broad SMARTS) is 1. The molecule has 0 fully saturated rings. The highest BCUT2D eigenvalue weighted by atomic mass is 35.5. The van der Waals surface area contributed by atoms with E-state index in [1.807, 2.05) is 0 Å². The van der Waals surface area contributed by atoms with Crippen molar-refractivity contribution in [2.24, 2.45) is 0 Å². The summed E-state index contributed by atoms with van der Waals surface area (Å²) in [5.74, 6) is -0.992. The molecule has 1 aliphatic rings. The van der Waals surface area contributed by atoms with Gasteiger partial charge in [0.25, 0.3) is 0 Å². The van der Waals surface area contributed by atoms with E-state index in [0.29, 0.717) is 0 Å². The Bertz CT molecular complexity index is 429. The minimum atomic E-state index is -0.992. The summed E-state index contributed by atoms with van der Waals surface area (Å²) in [5, 5.41) is 13.5. The van der Waals surface area contributed by atoms with E-state index in [0.717, 1.165) is 44.3 Å². The molecule has 0 bridgehead atoms. The first-order valence-electron chi connectivity index (χ1n) is 5.72. The molecule has 1 N–H and O–H groups in total. The molecule has 94 valence electrons. The van der Waals surface area contributed by atoms with Crippen molar-refractivity contribution < 1.29 is 9.90 Å². The number of fused-ring (bicyclic) bond motifs is 1. The molecule has 1 aromatic heterocycles. The van der Waals surface area contributed by atoms with E-state index in [1.54, 1.807) is 4.68 Å². The molecule has 0 unspecified atom stereocenters. The summed E-state index contributed by atoms with van der Waals surface area (Å²) in [7, 11) is 0. The summed E-state index contributed by atoms with van der Waals surface area (Å²) in [5.41, 5.74) is 1.23. The molecule has 2 heterocycles. The molecular formula is C11H14Cl2N2O2. The predicted molar refractivity (Wildman–Crippen MR) is 65.8 cm³/mol. The third-order valence-corrected chi connectivity index (χ3v) is 3.45. The van der Waals surface area contributed by atoms with Crippen LogP contribution in [0.4, 0.5) is 0 Å². The topological polar surface area (TPSA) is 55.1 Å². The number of halogens is 2. The van der Waals surface area contributed by atoms with Gasteiger partial charge in [-0.15, -0.1) is 0 Å². The van der Waals surface area contributed by atoms with Crippen molar-refractivity contribution in [3.63, 3.8) is 0 Å². The summed E-state index contributed by atoms with van der Waals surface area (Å²) in [6.45, 7) is 0.746. The number of alkyl halides is 2. The average molecular weight is 277 g/mol. The maximum Gasteiger partial charge on any atom is 0.339 e. The summed E-state index contributed by atoms with van der Waals surface area (Å²) in [6.07, 6.45) is 5.02. The van der Waals surface area contributed by atoms with Crippen LogP contribution in [0.3, 0.4) is 0 Å². The van der Waals surface area contributed by atoms with E-state index in [9.17, 15) is 9.90 Å². The highest BCUT2D eigenvalue weighted by Crippen LogP contribution is 2.30. The average Bonchev–Trinajstić information content (AvgIpc) is 2.56. The van der Waals surface area contributed by atoms with Crippen LogP contribution in [-0.2, 0) is 13.0 Å². The van der Waals surface area contributed by atoms with Gasteiger partial charge in [0.2, 0.25) is 0 Å². The second kappa shape index (κ2) is 5.27. The van der Waals surface area contributed by atoms with Crippen LogP contribution in [0, 0.1) is 0 Å². The maximum atomic E-state index is 11.3. The minimum Gasteiger partial charge on any atom is -0.478 e. The zero-order valence-electron chi connectivity index (χ0n) is 9.33. The van der Waals surface area contributed by atoms with Crippen LogP contribution in [0.1, 0.15) is 52.3 Å². The molecule has 1 aromatic rings. The van der Waals surface area contributed by atoms with Crippen LogP contribution in [0.15, 0.2) is 0 Å². The summed E-state index contributed by atoms with van der Waals surface area (Å²) < 4.78 is 1.76. The van der Waals surface area contributed by atoms with Gasteiger partial charge >= 0.3 is 5.97 Å². The first kappa shape index (κ1) is 12.7. The number of aromatic nitrogens is 2. The fourth-order valence-electron chi connectivity index (χ4n) is 2.25. The molecule has 17 heavy (non-hydrogen) atoms.